The molecule has 0 aromatic rings. The summed E-state index contributed by atoms with van der Waals surface area (Å²) in [7, 11) is 0. The quantitative estimate of drug-likeness (QED) is 0.431. The van der Waals surface area contributed by atoms with Crippen molar-refractivity contribution in [3.8, 4) is 0 Å². The van der Waals surface area contributed by atoms with E-state index in [1.165, 1.54) is 83.5 Å². The highest BCUT2D eigenvalue weighted by molar-refractivity contribution is 4.99. The molecule has 168 valence electrons. The molecule has 0 radical (unpaired) electrons. The van der Waals surface area contributed by atoms with E-state index in [-0.39, 0.29) is 0 Å². The lowest BCUT2D eigenvalue weighted by Crippen LogP contribution is -2.48. The van der Waals surface area contributed by atoms with Gasteiger partial charge in [-0.25, -0.2) is 0 Å². The predicted octanol–water partition coefficient (Wildman–Crippen LogP) is 9.42. The fraction of sp³-hybridized carbons (Fsp3) is 1.00. The number of hydrogen-bond acceptors (Lipinski definition) is 0. The summed E-state index contributed by atoms with van der Waals surface area (Å²) in [5.41, 5.74) is 1.23. The molecular formula is C29H52. The molecule has 4 fully saturated rings. The molecule has 4 saturated carbocycles. The van der Waals surface area contributed by atoms with Crippen LogP contribution < -0.4 is 0 Å². The Hall–Kier alpha value is 0. The minimum atomic E-state index is 0.615. The molecular weight excluding hydrogens is 348 g/mol. The summed E-state index contributed by atoms with van der Waals surface area (Å²) in [6, 6.07) is 0. The molecule has 0 saturated heterocycles. The Morgan fingerprint density at radius 3 is 1.59 bits per heavy atom. The zero-order chi connectivity index (χ0) is 20.5. The molecule has 0 nitrogen and oxygen atoms in total. The third-order valence-corrected chi connectivity index (χ3v) is 11.5. The van der Waals surface area contributed by atoms with Crippen molar-refractivity contribution in [1.82, 2.24) is 0 Å². The maximum Gasteiger partial charge on any atom is -0.0297 e. The van der Waals surface area contributed by atoms with Gasteiger partial charge in [-0.1, -0.05) is 98.3 Å². The van der Waals surface area contributed by atoms with Gasteiger partial charge in [0.1, 0.15) is 0 Å². The van der Waals surface area contributed by atoms with Gasteiger partial charge in [0.05, 0.1) is 0 Å². The molecule has 0 heterocycles. The molecule has 0 aromatic heterocycles. The molecule has 0 heteroatoms. The molecule has 0 aromatic carbocycles. The van der Waals surface area contributed by atoms with E-state index < -0.39 is 0 Å². The summed E-state index contributed by atoms with van der Waals surface area (Å²) in [6.45, 7) is 10.9. The third kappa shape index (κ3) is 4.48. The van der Waals surface area contributed by atoms with Crippen LogP contribution in [0.2, 0.25) is 0 Å². The maximum atomic E-state index is 2.74. The first-order valence-corrected chi connectivity index (χ1v) is 13.9. The zero-order valence-corrected chi connectivity index (χ0v) is 20.5. The van der Waals surface area contributed by atoms with Crippen LogP contribution in [-0.4, -0.2) is 0 Å². The van der Waals surface area contributed by atoms with Gasteiger partial charge in [0, 0.05) is 0 Å². The predicted molar refractivity (Wildman–Crippen MR) is 127 cm³/mol. The molecule has 29 heavy (non-hydrogen) atoms. The lowest BCUT2D eigenvalue weighted by molar-refractivity contribution is -0.0645. The maximum absolute atomic E-state index is 2.74. The first kappa shape index (κ1) is 22.2. The summed E-state index contributed by atoms with van der Waals surface area (Å²) in [6.07, 6.45) is 25.9. The molecule has 0 bridgehead atoms. The van der Waals surface area contributed by atoms with Crippen molar-refractivity contribution in [2.75, 3.05) is 0 Å². The normalized spacial score (nSPS) is 37.9. The summed E-state index contributed by atoms with van der Waals surface area (Å²) < 4.78 is 0. The number of fused-ring (bicyclic) bond motifs is 1. The monoisotopic (exact) mass is 400 g/mol. The highest BCUT2D eigenvalue weighted by Gasteiger charge is 2.50. The smallest absolute Gasteiger partial charge is 0.0297 e. The van der Waals surface area contributed by atoms with Gasteiger partial charge in [0.25, 0.3) is 0 Å². The minimum absolute atomic E-state index is 0.615. The molecule has 5 atom stereocenters. The van der Waals surface area contributed by atoms with Crippen molar-refractivity contribution in [2.45, 2.75) is 137 Å². The fourth-order valence-electron chi connectivity index (χ4n) is 9.20. The Kier molecular flexibility index (Phi) is 7.07. The van der Waals surface area contributed by atoms with Gasteiger partial charge in [-0.2, -0.15) is 0 Å². The van der Waals surface area contributed by atoms with Crippen LogP contribution in [0, 0.1) is 46.3 Å². The first-order valence-electron chi connectivity index (χ1n) is 13.9. The van der Waals surface area contributed by atoms with Crippen molar-refractivity contribution in [3.05, 3.63) is 0 Å². The lowest BCUT2D eigenvalue weighted by Gasteiger charge is -2.56. The van der Waals surface area contributed by atoms with Gasteiger partial charge >= 0.3 is 0 Å². The summed E-state index contributed by atoms with van der Waals surface area (Å²) in [5.74, 6) is 6.02. The molecule has 4 aliphatic carbocycles. The zero-order valence-electron chi connectivity index (χ0n) is 20.5. The first-order chi connectivity index (χ1) is 13.9. The van der Waals surface area contributed by atoms with Crippen LogP contribution >= 0.6 is 0 Å². The second-order valence-corrected chi connectivity index (χ2v) is 12.9. The minimum Gasteiger partial charge on any atom is -0.0617 e. The second kappa shape index (κ2) is 9.24. The Bertz CT molecular complexity index is 474. The average molecular weight is 401 g/mol. The van der Waals surface area contributed by atoms with Crippen LogP contribution in [-0.2, 0) is 0 Å². The van der Waals surface area contributed by atoms with Crippen LogP contribution in [0.25, 0.3) is 0 Å². The van der Waals surface area contributed by atoms with Gasteiger partial charge < -0.3 is 0 Å². The van der Waals surface area contributed by atoms with Crippen molar-refractivity contribution in [2.24, 2.45) is 46.3 Å². The van der Waals surface area contributed by atoms with E-state index in [0.717, 1.165) is 35.5 Å². The largest absolute Gasteiger partial charge is 0.0617 e. The van der Waals surface area contributed by atoms with Crippen LogP contribution in [0.4, 0.5) is 0 Å². The van der Waals surface area contributed by atoms with E-state index in [4.69, 9.17) is 0 Å². The summed E-state index contributed by atoms with van der Waals surface area (Å²) >= 11 is 0. The average Bonchev–Trinajstić information content (AvgIpc) is 2.75. The van der Waals surface area contributed by atoms with Gasteiger partial charge in [-0.05, 0) is 84.9 Å². The van der Waals surface area contributed by atoms with Gasteiger partial charge in [-0.15, -0.1) is 0 Å². The topological polar surface area (TPSA) is 0 Å². The van der Waals surface area contributed by atoms with Gasteiger partial charge in [0.15, 0.2) is 0 Å². The molecule has 0 amide bonds. The fourth-order valence-corrected chi connectivity index (χ4v) is 9.20. The Morgan fingerprint density at radius 1 is 0.552 bits per heavy atom. The van der Waals surface area contributed by atoms with Crippen molar-refractivity contribution < 1.29 is 0 Å². The third-order valence-electron chi connectivity index (χ3n) is 11.5. The molecule has 0 spiro atoms. The van der Waals surface area contributed by atoms with E-state index in [1.807, 2.05) is 0 Å². The number of hydrogen-bond donors (Lipinski definition) is 0. The van der Waals surface area contributed by atoms with E-state index in [2.05, 4.69) is 27.7 Å². The SMILES string of the molecule is CC(C(C1CCCC2CCCCC21)C(C)C1(C)CCCCC1)C1(C)CCCCC1. The van der Waals surface area contributed by atoms with E-state index in [1.54, 1.807) is 25.7 Å². The summed E-state index contributed by atoms with van der Waals surface area (Å²) in [5, 5.41) is 0. The van der Waals surface area contributed by atoms with Crippen molar-refractivity contribution in [1.29, 1.82) is 0 Å². The van der Waals surface area contributed by atoms with Gasteiger partial charge in [-0.3, -0.25) is 0 Å². The Balaban J connectivity index is 1.64. The molecule has 4 aliphatic rings. The molecule has 0 aliphatic heterocycles. The highest BCUT2D eigenvalue weighted by atomic mass is 14.5. The molecule has 4 rings (SSSR count). The standard InChI is InChI=1S/C29H52/c1-22(28(3)18-9-5-10-19-28)27(23(2)29(4)20-11-6-12-21-29)26-17-13-15-24-14-7-8-16-25(24)26/h22-27H,5-21H2,1-4H3. The van der Waals surface area contributed by atoms with Crippen LogP contribution in [0.15, 0.2) is 0 Å². The van der Waals surface area contributed by atoms with E-state index in [9.17, 15) is 0 Å². The van der Waals surface area contributed by atoms with Crippen molar-refractivity contribution >= 4 is 0 Å². The summed E-state index contributed by atoms with van der Waals surface area (Å²) in [4.78, 5) is 0. The molecule has 5 unspecified atom stereocenters. The van der Waals surface area contributed by atoms with E-state index >= 15 is 0 Å². The second-order valence-electron chi connectivity index (χ2n) is 12.9. The van der Waals surface area contributed by atoms with Crippen LogP contribution in [0.3, 0.4) is 0 Å². The highest BCUT2D eigenvalue weighted by Crippen LogP contribution is 2.58. The lowest BCUT2D eigenvalue weighted by atomic mass is 9.49. The van der Waals surface area contributed by atoms with E-state index in [0.29, 0.717) is 10.8 Å². The van der Waals surface area contributed by atoms with Crippen molar-refractivity contribution in [3.63, 3.8) is 0 Å². The Labute approximate surface area is 183 Å². The van der Waals surface area contributed by atoms with Crippen LogP contribution in [0.1, 0.15) is 137 Å². The molecule has 0 N–H and O–H groups in total. The number of rotatable bonds is 5. The van der Waals surface area contributed by atoms with Crippen LogP contribution in [0.5, 0.6) is 0 Å². The van der Waals surface area contributed by atoms with Gasteiger partial charge in [0.2, 0.25) is 0 Å². The Morgan fingerprint density at radius 2 is 1.03 bits per heavy atom.